The second-order valence-corrected chi connectivity index (χ2v) is 5.22. The molecule has 17 heavy (non-hydrogen) atoms. The number of carboxylic acids is 1. The van der Waals surface area contributed by atoms with E-state index in [1.54, 1.807) is 19.1 Å². The molecule has 1 aromatic carbocycles. The summed E-state index contributed by atoms with van der Waals surface area (Å²) in [5.41, 5.74) is 1.61. The molecule has 0 unspecified atom stereocenters. The van der Waals surface area contributed by atoms with Crippen LogP contribution in [-0.4, -0.2) is 16.2 Å². The minimum absolute atomic E-state index is 0.187. The third kappa shape index (κ3) is 3.48. The Morgan fingerprint density at radius 2 is 2.00 bits per heavy atom. The van der Waals surface area contributed by atoms with Gasteiger partial charge in [0.25, 0.3) is 0 Å². The highest BCUT2D eigenvalue weighted by molar-refractivity contribution is 5.67. The molecule has 0 aromatic heterocycles. The third-order valence-corrected chi connectivity index (χ3v) is 2.61. The van der Waals surface area contributed by atoms with Gasteiger partial charge in [0.1, 0.15) is 5.75 Å². The van der Waals surface area contributed by atoms with Crippen molar-refractivity contribution in [1.29, 1.82) is 0 Å². The highest BCUT2D eigenvalue weighted by Gasteiger charge is 2.20. The van der Waals surface area contributed by atoms with Crippen LogP contribution in [0.3, 0.4) is 0 Å². The normalized spacial score (nSPS) is 14.1. The van der Waals surface area contributed by atoms with Gasteiger partial charge in [-0.2, -0.15) is 0 Å². The first-order valence-electron chi connectivity index (χ1n) is 6.51. The number of rotatable bonds is 3. The van der Waals surface area contributed by atoms with E-state index in [0.29, 0.717) is 16.7 Å². The molecule has 1 aromatic rings. The Morgan fingerprint density at radius 3 is 2.47 bits per heavy atom. The summed E-state index contributed by atoms with van der Waals surface area (Å²) in [6.07, 6.45) is -2.52. The number of carboxylic acid groups (broad SMARTS) is 1. The monoisotopic (exact) mass is 238 g/mol. The number of benzene rings is 1. The van der Waals surface area contributed by atoms with Gasteiger partial charge in [-0.1, -0.05) is 32.9 Å². The van der Waals surface area contributed by atoms with E-state index >= 15 is 0 Å². The van der Waals surface area contributed by atoms with E-state index in [1.807, 2.05) is 20.8 Å². The zero-order valence-corrected chi connectivity index (χ0v) is 10.7. The Kier molecular flexibility index (Phi) is 2.99. The average molecular weight is 238 g/mol. The molecule has 0 amide bonds. The minimum atomic E-state index is -2.31. The lowest BCUT2D eigenvalue weighted by molar-refractivity contribution is -0.136. The number of aryl methyl sites for hydroxylation is 2. The molecule has 0 bridgehead atoms. The van der Waals surface area contributed by atoms with Gasteiger partial charge in [-0.15, -0.1) is 0 Å². The molecule has 0 saturated carbocycles. The largest absolute Gasteiger partial charge is 0.507 e. The maximum atomic E-state index is 10.8. The Bertz CT molecular complexity index is 502. The van der Waals surface area contributed by atoms with Crippen LogP contribution < -0.4 is 0 Å². The molecule has 0 radical (unpaired) electrons. The molecule has 3 nitrogen and oxygen atoms in total. The molecule has 94 valence electrons. The van der Waals surface area contributed by atoms with E-state index in [2.05, 4.69) is 0 Å². The molecule has 0 heterocycles. The van der Waals surface area contributed by atoms with Crippen molar-refractivity contribution in [1.82, 2.24) is 0 Å². The number of hydrogen-bond donors (Lipinski definition) is 2. The van der Waals surface area contributed by atoms with Gasteiger partial charge in [0.15, 0.2) is 0 Å². The highest BCUT2D eigenvalue weighted by atomic mass is 16.4. The van der Waals surface area contributed by atoms with Crippen molar-refractivity contribution in [2.45, 2.75) is 45.9 Å². The van der Waals surface area contributed by atoms with Gasteiger partial charge in [0.05, 0.1) is 0 Å². The van der Waals surface area contributed by atoms with Gasteiger partial charge in [-0.25, -0.2) is 0 Å². The van der Waals surface area contributed by atoms with Crippen LogP contribution in [0.1, 0.15) is 46.6 Å². The van der Waals surface area contributed by atoms with E-state index in [4.69, 9.17) is 7.85 Å². The SMILES string of the molecule is [2H]C([2H])(Cc1cc(C)c(O)c(C(C)(C)C)c1)C(=O)O. The topological polar surface area (TPSA) is 57.5 Å². The molecule has 0 aliphatic rings. The maximum Gasteiger partial charge on any atom is 0.303 e. The predicted molar refractivity (Wildman–Crippen MR) is 67.5 cm³/mol. The maximum absolute atomic E-state index is 10.8. The van der Waals surface area contributed by atoms with Crippen LogP contribution in [0.2, 0.25) is 0 Å². The van der Waals surface area contributed by atoms with Crippen molar-refractivity contribution in [3.63, 3.8) is 0 Å². The zero-order chi connectivity index (χ0) is 15.0. The average Bonchev–Trinajstić information content (AvgIpc) is 2.20. The first kappa shape index (κ1) is 10.6. The zero-order valence-electron chi connectivity index (χ0n) is 12.7. The number of aliphatic carboxylic acids is 1. The van der Waals surface area contributed by atoms with Gasteiger partial charge in [0, 0.05) is 9.11 Å². The van der Waals surface area contributed by atoms with Gasteiger partial charge in [-0.3, -0.25) is 4.79 Å². The number of aromatic hydroxyl groups is 1. The lowest BCUT2D eigenvalue weighted by Crippen LogP contribution is -2.12. The van der Waals surface area contributed by atoms with Crippen molar-refractivity contribution in [2.75, 3.05) is 0 Å². The molecular weight excluding hydrogens is 216 g/mol. The number of phenolic OH excluding ortho intramolecular Hbond substituents is 1. The van der Waals surface area contributed by atoms with E-state index < -0.39 is 12.3 Å². The summed E-state index contributed by atoms with van der Waals surface area (Å²) >= 11 is 0. The molecule has 0 saturated heterocycles. The van der Waals surface area contributed by atoms with Crippen molar-refractivity contribution in [3.05, 3.63) is 28.8 Å². The summed E-state index contributed by atoms with van der Waals surface area (Å²) in [4.78, 5) is 10.8. The van der Waals surface area contributed by atoms with Gasteiger partial charge in [-0.05, 0) is 35.4 Å². The van der Waals surface area contributed by atoms with Crippen LogP contribution in [0.25, 0.3) is 0 Å². The Morgan fingerprint density at radius 1 is 1.41 bits per heavy atom. The molecular formula is C14H20O3. The van der Waals surface area contributed by atoms with Gasteiger partial charge >= 0.3 is 5.97 Å². The highest BCUT2D eigenvalue weighted by Crippen LogP contribution is 2.34. The van der Waals surface area contributed by atoms with E-state index in [9.17, 15) is 9.90 Å². The van der Waals surface area contributed by atoms with E-state index in [1.165, 1.54) is 0 Å². The van der Waals surface area contributed by atoms with Crippen LogP contribution in [0.4, 0.5) is 0 Å². The molecule has 0 spiro atoms. The summed E-state index contributed by atoms with van der Waals surface area (Å²) in [5, 5.41) is 18.9. The molecule has 1 rings (SSSR count). The Balaban J connectivity index is 3.26. The molecule has 3 heteroatoms. The molecule has 0 aliphatic carbocycles. The molecule has 0 atom stereocenters. The second kappa shape index (κ2) is 4.78. The first-order chi connectivity index (χ1) is 8.45. The van der Waals surface area contributed by atoms with Crippen molar-refractivity contribution in [2.24, 2.45) is 0 Å². The summed E-state index contributed by atoms with van der Waals surface area (Å²) < 4.78 is 14.9. The van der Waals surface area contributed by atoms with Crippen LogP contribution in [0, 0.1) is 6.92 Å². The lowest BCUT2D eigenvalue weighted by atomic mass is 9.83. The number of phenols is 1. The van der Waals surface area contributed by atoms with Crippen LogP contribution in [0.5, 0.6) is 5.75 Å². The second-order valence-electron chi connectivity index (χ2n) is 5.22. The smallest absolute Gasteiger partial charge is 0.303 e. The van der Waals surface area contributed by atoms with Crippen LogP contribution in [-0.2, 0) is 16.6 Å². The summed E-state index contributed by atoms with van der Waals surface area (Å²) in [5.74, 6) is -1.29. The summed E-state index contributed by atoms with van der Waals surface area (Å²) in [6.45, 7) is 7.55. The van der Waals surface area contributed by atoms with Gasteiger partial charge < -0.3 is 10.2 Å². The number of carbonyl (C=O) groups is 1. The minimum Gasteiger partial charge on any atom is -0.507 e. The fourth-order valence-corrected chi connectivity index (χ4v) is 1.71. The Hall–Kier alpha value is -1.51. The lowest BCUT2D eigenvalue weighted by Gasteiger charge is -2.22. The van der Waals surface area contributed by atoms with Crippen molar-refractivity contribution < 1.29 is 17.7 Å². The third-order valence-electron chi connectivity index (χ3n) is 2.61. The quantitative estimate of drug-likeness (QED) is 0.851. The number of hydrogen-bond acceptors (Lipinski definition) is 2. The molecule has 2 N–H and O–H groups in total. The summed E-state index contributed by atoms with van der Waals surface area (Å²) in [7, 11) is 0. The van der Waals surface area contributed by atoms with Crippen LogP contribution >= 0.6 is 0 Å². The Labute approximate surface area is 105 Å². The van der Waals surface area contributed by atoms with Gasteiger partial charge in [0.2, 0.25) is 0 Å². The van der Waals surface area contributed by atoms with E-state index in [0.717, 1.165) is 0 Å². The van der Waals surface area contributed by atoms with E-state index in [-0.39, 0.29) is 17.6 Å². The standard InChI is InChI=1S/C14H20O3/c1-9-7-10(5-6-12(15)16)8-11(13(9)17)14(2,3)4/h7-8,17H,5-6H2,1-4H3,(H,15,16)/i6D2. The first-order valence-corrected chi connectivity index (χ1v) is 5.51. The van der Waals surface area contributed by atoms with Crippen LogP contribution in [0.15, 0.2) is 12.1 Å². The van der Waals surface area contributed by atoms with Crippen molar-refractivity contribution in [3.8, 4) is 5.75 Å². The summed E-state index contributed by atoms with van der Waals surface area (Å²) in [6, 6.07) is 3.31. The molecule has 0 aliphatic heterocycles. The fraction of sp³-hybridized carbons (Fsp3) is 0.500. The fourth-order valence-electron chi connectivity index (χ4n) is 1.71. The molecule has 0 fully saturated rings. The van der Waals surface area contributed by atoms with Crippen molar-refractivity contribution >= 4 is 5.97 Å². The predicted octanol–water partition coefficient (Wildman–Crippen LogP) is 3.02.